The summed E-state index contributed by atoms with van der Waals surface area (Å²) >= 11 is 6.65. The van der Waals surface area contributed by atoms with Crippen LogP contribution >= 0.6 is 11.6 Å². The fourth-order valence-electron chi connectivity index (χ4n) is 4.32. The highest BCUT2D eigenvalue weighted by atomic mass is 35.5. The minimum absolute atomic E-state index is 0.0541. The average molecular weight is 472 g/mol. The molecule has 0 radical (unpaired) electrons. The van der Waals surface area contributed by atoms with Crippen molar-refractivity contribution < 1.29 is 24.9 Å². The number of ether oxygens (including phenoxy) is 1. The Hall–Kier alpha value is -2.25. The zero-order valence-corrected chi connectivity index (χ0v) is 19.5. The average Bonchev–Trinajstić information content (AvgIpc) is 3.66. The SMILES string of the molecule is COCc1c(C2CC2)nc(C2CC2)c(/C=C/[C@@H](O)C[C@@H](O)CC(=O)O)c1-c1ccccc1Cl. The molecular formula is C26H30ClNO5. The van der Waals surface area contributed by atoms with Gasteiger partial charge in [0.2, 0.25) is 0 Å². The second kappa shape index (κ2) is 10.3. The first-order chi connectivity index (χ1) is 15.9. The van der Waals surface area contributed by atoms with Crippen molar-refractivity contribution in [1.82, 2.24) is 4.98 Å². The number of hydrogen-bond donors (Lipinski definition) is 3. The van der Waals surface area contributed by atoms with Gasteiger partial charge >= 0.3 is 5.97 Å². The second-order valence-corrected chi connectivity index (χ2v) is 9.43. The molecule has 4 rings (SSSR count). The molecule has 7 heteroatoms. The fourth-order valence-corrected chi connectivity index (χ4v) is 4.55. The van der Waals surface area contributed by atoms with Gasteiger partial charge in [-0.25, -0.2) is 0 Å². The van der Waals surface area contributed by atoms with Gasteiger partial charge in [-0.05, 0) is 37.3 Å². The first-order valence-electron chi connectivity index (χ1n) is 11.5. The summed E-state index contributed by atoms with van der Waals surface area (Å²) in [6.07, 6.45) is 5.28. The minimum atomic E-state index is -1.12. The predicted molar refractivity (Wildman–Crippen MR) is 127 cm³/mol. The number of halogens is 1. The standard InChI is InChI=1S/C26H30ClNO5/c1-33-14-21-24(19-4-2-3-5-22(19)27)20(11-10-17(29)12-18(30)13-23(31)32)25(15-6-7-15)28-26(21)16-8-9-16/h2-5,10-11,15-18,29-30H,6-9,12-14H2,1H3,(H,31,32)/b11-10+/t17-,18-/m1/s1. The summed E-state index contributed by atoms with van der Waals surface area (Å²) in [6.45, 7) is 0.408. The van der Waals surface area contributed by atoms with Crippen LogP contribution in [0.3, 0.4) is 0 Å². The molecule has 2 fully saturated rings. The molecule has 1 aromatic heterocycles. The van der Waals surface area contributed by atoms with Gasteiger partial charge in [-0.2, -0.15) is 0 Å². The molecule has 1 heterocycles. The molecule has 6 nitrogen and oxygen atoms in total. The van der Waals surface area contributed by atoms with Crippen LogP contribution in [0.25, 0.3) is 17.2 Å². The molecule has 1 aromatic carbocycles. The Balaban J connectivity index is 1.81. The Kier molecular flexibility index (Phi) is 7.49. The lowest BCUT2D eigenvalue weighted by atomic mass is 9.89. The molecular weight excluding hydrogens is 442 g/mol. The molecule has 0 spiro atoms. The quantitative estimate of drug-likeness (QED) is 0.431. The van der Waals surface area contributed by atoms with E-state index in [4.69, 9.17) is 26.4 Å². The number of benzene rings is 1. The molecule has 0 bridgehead atoms. The van der Waals surface area contributed by atoms with Crippen LogP contribution in [-0.4, -0.2) is 45.6 Å². The smallest absolute Gasteiger partial charge is 0.305 e. The van der Waals surface area contributed by atoms with Crippen LogP contribution in [0, 0.1) is 0 Å². The summed E-state index contributed by atoms with van der Waals surface area (Å²) in [5.41, 5.74) is 5.92. The number of carbonyl (C=O) groups is 1. The van der Waals surface area contributed by atoms with E-state index in [1.54, 1.807) is 13.2 Å². The van der Waals surface area contributed by atoms with Crippen LogP contribution in [0.2, 0.25) is 5.02 Å². The maximum absolute atomic E-state index is 10.8. The van der Waals surface area contributed by atoms with E-state index in [0.717, 1.165) is 59.3 Å². The van der Waals surface area contributed by atoms with Crippen molar-refractivity contribution in [3.05, 3.63) is 57.9 Å². The number of aliphatic hydroxyl groups excluding tert-OH is 2. The molecule has 2 aliphatic carbocycles. The van der Waals surface area contributed by atoms with Gasteiger partial charge < -0.3 is 20.1 Å². The van der Waals surface area contributed by atoms with Crippen molar-refractivity contribution in [2.24, 2.45) is 0 Å². The monoisotopic (exact) mass is 471 g/mol. The number of aliphatic hydroxyl groups is 2. The highest BCUT2D eigenvalue weighted by molar-refractivity contribution is 6.33. The second-order valence-electron chi connectivity index (χ2n) is 9.02. The number of methoxy groups -OCH3 is 1. The summed E-state index contributed by atoms with van der Waals surface area (Å²) in [5.74, 6) is -0.293. The molecule has 33 heavy (non-hydrogen) atoms. The van der Waals surface area contributed by atoms with Crippen LogP contribution in [0.1, 0.15) is 72.9 Å². The van der Waals surface area contributed by atoms with Crippen LogP contribution < -0.4 is 0 Å². The summed E-state index contributed by atoms with van der Waals surface area (Å²) in [7, 11) is 1.67. The molecule has 2 saturated carbocycles. The van der Waals surface area contributed by atoms with Gasteiger partial charge in [-0.15, -0.1) is 0 Å². The summed E-state index contributed by atoms with van der Waals surface area (Å²) in [6, 6.07) is 7.72. The molecule has 0 amide bonds. The van der Waals surface area contributed by atoms with Crippen LogP contribution in [0.4, 0.5) is 0 Å². The minimum Gasteiger partial charge on any atom is -0.481 e. The van der Waals surface area contributed by atoms with E-state index in [-0.39, 0.29) is 6.42 Å². The summed E-state index contributed by atoms with van der Waals surface area (Å²) in [4.78, 5) is 16.0. The van der Waals surface area contributed by atoms with E-state index in [1.165, 1.54) is 0 Å². The zero-order chi connectivity index (χ0) is 23.5. The number of hydrogen-bond acceptors (Lipinski definition) is 5. The molecule has 2 aromatic rings. The lowest BCUT2D eigenvalue weighted by Crippen LogP contribution is -2.19. The van der Waals surface area contributed by atoms with E-state index in [2.05, 4.69) is 0 Å². The number of nitrogens with zero attached hydrogens (tertiary/aromatic N) is 1. The van der Waals surface area contributed by atoms with Crippen LogP contribution in [0.5, 0.6) is 0 Å². The number of aromatic nitrogens is 1. The number of rotatable bonds is 11. The fraction of sp³-hybridized carbons (Fsp3) is 0.462. The van der Waals surface area contributed by atoms with Crippen LogP contribution in [-0.2, 0) is 16.1 Å². The third-order valence-electron chi connectivity index (χ3n) is 6.17. The highest BCUT2D eigenvalue weighted by Gasteiger charge is 2.35. The van der Waals surface area contributed by atoms with E-state index < -0.39 is 24.6 Å². The Bertz CT molecular complexity index is 1050. The molecule has 176 valence electrons. The maximum atomic E-state index is 10.8. The third kappa shape index (κ3) is 5.82. The lowest BCUT2D eigenvalue weighted by Gasteiger charge is -2.21. The van der Waals surface area contributed by atoms with Gasteiger partial charge in [0.05, 0.1) is 30.9 Å². The predicted octanol–water partition coefficient (Wildman–Crippen LogP) is 4.90. The largest absolute Gasteiger partial charge is 0.481 e. The van der Waals surface area contributed by atoms with Gasteiger partial charge in [0.15, 0.2) is 0 Å². The van der Waals surface area contributed by atoms with E-state index in [9.17, 15) is 15.0 Å². The first kappa shape index (κ1) is 23.9. The molecule has 0 saturated heterocycles. The van der Waals surface area contributed by atoms with Gasteiger partial charge in [0.1, 0.15) is 0 Å². The Morgan fingerprint density at radius 3 is 2.45 bits per heavy atom. The van der Waals surface area contributed by atoms with Gasteiger partial charge in [0, 0.05) is 52.8 Å². The van der Waals surface area contributed by atoms with Crippen LogP contribution in [0.15, 0.2) is 30.3 Å². The number of pyridine rings is 1. The Morgan fingerprint density at radius 2 is 1.85 bits per heavy atom. The van der Waals surface area contributed by atoms with E-state index in [0.29, 0.717) is 23.5 Å². The Morgan fingerprint density at radius 1 is 1.18 bits per heavy atom. The number of carboxylic acids is 1. The molecule has 3 N–H and O–H groups in total. The highest BCUT2D eigenvalue weighted by Crippen LogP contribution is 2.50. The molecule has 2 atom stereocenters. The third-order valence-corrected chi connectivity index (χ3v) is 6.50. The van der Waals surface area contributed by atoms with Gasteiger partial charge in [-0.1, -0.05) is 42.0 Å². The van der Waals surface area contributed by atoms with Crippen molar-refractivity contribution in [2.75, 3.05) is 7.11 Å². The summed E-state index contributed by atoms with van der Waals surface area (Å²) in [5, 5.41) is 29.9. The number of aliphatic carboxylic acids is 1. The van der Waals surface area contributed by atoms with Crippen molar-refractivity contribution in [2.45, 2.75) is 69.2 Å². The van der Waals surface area contributed by atoms with Gasteiger partial charge in [0.25, 0.3) is 0 Å². The number of carboxylic acid groups (broad SMARTS) is 1. The van der Waals surface area contributed by atoms with Crippen molar-refractivity contribution >= 4 is 23.6 Å². The Labute approximate surface area is 198 Å². The molecule has 2 aliphatic rings. The van der Waals surface area contributed by atoms with Crippen molar-refractivity contribution in [3.8, 4) is 11.1 Å². The summed E-state index contributed by atoms with van der Waals surface area (Å²) < 4.78 is 5.59. The van der Waals surface area contributed by atoms with E-state index in [1.807, 2.05) is 30.3 Å². The van der Waals surface area contributed by atoms with Crippen molar-refractivity contribution in [3.63, 3.8) is 0 Å². The van der Waals surface area contributed by atoms with Gasteiger partial charge in [-0.3, -0.25) is 9.78 Å². The maximum Gasteiger partial charge on any atom is 0.305 e. The zero-order valence-electron chi connectivity index (χ0n) is 18.7. The van der Waals surface area contributed by atoms with E-state index >= 15 is 0 Å². The molecule has 0 unspecified atom stereocenters. The topological polar surface area (TPSA) is 99.9 Å². The van der Waals surface area contributed by atoms with Crippen molar-refractivity contribution in [1.29, 1.82) is 0 Å². The molecule has 0 aliphatic heterocycles. The lowest BCUT2D eigenvalue weighted by molar-refractivity contribution is -0.139. The first-order valence-corrected chi connectivity index (χ1v) is 11.8. The normalized spacial score (nSPS) is 17.9.